The smallest absolute Gasteiger partial charge is 0.125 e. The maximum Gasteiger partial charge on any atom is 0.125 e. The van der Waals surface area contributed by atoms with E-state index < -0.39 is 0 Å². The summed E-state index contributed by atoms with van der Waals surface area (Å²) in [6.07, 6.45) is 1.70. The number of hydrogen-bond acceptors (Lipinski definition) is 3. The Labute approximate surface area is 102 Å². The molecule has 1 aromatic heterocycles. The number of nitrogens with one attached hydrogen (secondary N) is 1. The zero-order chi connectivity index (χ0) is 12.3. The predicted octanol–water partition coefficient (Wildman–Crippen LogP) is 3.53. The van der Waals surface area contributed by atoms with Gasteiger partial charge in [0, 0.05) is 23.6 Å². The van der Waals surface area contributed by atoms with Crippen LogP contribution in [-0.4, -0.2) is 4.98 Å². The molecule has 0 atom stereocenters. The molecule has 0 radical (unpaired) electrons. The van der Waals surface area contributed by atoms with Crippen molar-refractivity contribution >= 4 is 17.2 Å². The number of aromatic nitrogens is 1. The van der Waals surface area contributed by atoms with Gasteiger partial charge in [0.15, 0.2) is 0 Å². The van der Waals surface area contributed by atoms with E-state index >= 15 is 0 Å². The Balaban J connectivity index is 2.21. The number of hydrogen-bond donors (Lipinski definition) is 2. The summed E-state index contributed by atoms with van der Waals surface area (Å²) >= 11 is 0. The lowest BCUT2D eigenvalue weighted by Crippen LogP contribution is -1.95. The van der Waals surface area contributed by atoms with Crippen molar-refractivity contribution in [1.29, 1.82) is 0 Å². The van der Waals surface area contributed by atoms with E-state index in [2.05, 4.69) is 42.3 Å². The molecular formula is C14H17N3. The molecule has 0 aliphatic rings. The van der Waals surface area contributed by atoms with Crippen LogP contribution in [0.15, 0.2) is 42.6 Å². The topological polar surface area (TPSA) is 50.9 Å². The van der Waals surface area contributed by atoms with Gasteiger partial charge in [0.1, 0.15) is 5.82 Å². The van der Waals surface area contributed by atoms with Gasteiger partial charge in [0.25, 0.3) is 0 Å². The molecule has 3 heteroatoms. The third-order valence-electron chi connectivity index (χ3n) is 2.62. The van der Waals surface area contributed by atoms with Gasteiger partial charge in [0.2, 0.25) is 0 Å². The highest BCUT2D eigenvalue weighted by Crippen LogP contribution is 2.22. The number of anilines is 3. The van der Waals surface area contributed by atoms with Crippen molar-refractivity contribution in [3.63, 3.8) is 0 Å². The summed E-state index contributed by atoms with van der Waals surface area (Å²) in [5.41, 5.74) is 8.98. The molecule has 1 aromatic carbocycles. The second-order valence-corrected chi connectivity index (χ2v) is 4.37. The van der Waals surface area contributed by atoms with Crippen molar-refractivity contribution in [3.8, 4) is 0 Å². The van der Waals surface area contributed by atoms with Crippen LogP contribution < -0.4 is 11.1 Å². The quantitative estimate of drug-likeness (QED) is 0.843. The minimum atomic E-state index is 0.523. The molecule has 0 unspecified atom stereocenters. The van der Waals surface area contributed by atoms with E-state index in [-0.39, 0.29) is 0 Å². The molecule has 0 amide bonds. The molecule has 0 saturated heterocycles. The average molecular weight is 227 g/mol. The average Bonchev–Trinajstić information content (AvgIpc) is 2.29. The number of nitrogens with zero attached hydrogens (tertiary/aromatic N) is 1. The number of benzene rings is 1. The summed E-state index contributed by atoms with van der Waals surface area (Å²) in [5.74, 6) is 1.05. The molecule has 0 bridgehead atoms. The molecule has 3 nitrogen and oxygen atoms in total. The number of pyridine rings is 1. The number of nitrogens with two attached hydrogens (primary N) is 1. The Hall–Kier alpha value is -2.03. The van der Waals surface area contributed by atoms with Crippen LogP contribution in [-0.2, 0) is 0 Å². The molecule has 0 saturated carbocycles. The van der Waals surface area contributed by atoms with Crippen LogP contribution in [0, 0.1) is 0 Å². The van der Waals surface area contributed by atoms with Crippen LogP contribution in [0.4, 0.5) is 17.2 Å². The van der Waals surface area contributed by atoms with Gasteiger partial charge < -0.3 is 11.1 Å². The Morgan fingerprint density at radius 1 is 1.12 bits per heavy atom. The Morgan fingerprint density at radius 2 is 1.88 bits per heavy atom. The summed E-state index contributed by atoms with van der Waals surface area (Å²) in [6.45, 7) is 4.37. The second kappa shape index (κ2) is 4.87. The lowest BCUT2D eigenvalue weighted by atomic mass is 10.0. The Bertz CT molecular complexity index is 506. The maximum atomic E-state index is 5.64. The van der Waals surface area contributed by atoms with Crippen molar-refractivity contribution in [2.75, 3.05) is 11.1 Å². The maximum absolute atomic E-state index is 5.64. The zero-order valence-corrected chi connectivity index (χ0v) is 10.1. The zero-order valence-electron chi connectivity index (χ0n) is 10.1. The van der Waals surface area contributed by atoms with Gasteiger partial charge in [-0.2, -0.15) is 0 Å². The summed E-state index contributed by atoms with van der Waals surface area (Å²) in [7, 11) is 0. The first-order valence-corrected chi connectivity index (χ1v) is 5.73. The van der Waals surface area contributed by atoms with Gasteiger partial charge in [-0.25, -0.2) is 4.98 Å². The Morgan fingerprint density at radius 3 is 2.59 bits per heavy atom. The van der Waals surface area contributed by atoms with E-state index in [9.17, 15) is 0 Å². The van der Waals surface area contributed by atoms with E-state index in [0.29, 0.717) is 11.7 Å². The monoisotopic (exact) mass is 227 g/mol. The third-order valence-corrected chi connectivity index (χ3v) is 2.62. The highest BCUT2D eigenvalue weighted by Gasteiger charge is 2.01. The Kier molecular flexibility index (Phi) is 3.28. The lowest BCUT2D eigenvalue weighted by Gasteiger charge is -2.10. The van der Waals surface area contributed by atoms with Crippen LogP contribution in [0.5, 0.6) is 0 Å². The van der Waals surface area contributed by atoms with E-state index in [0.717, 1.165) is 11.4 Å². The van der Waals surface area contributed by atoms with Gasteiger partial charge in [0.05, 0.1) is 0 Å². The minimum absolute atomic E-state index is 0.523. The van der Waals surface area contributed by atoms with Gasteiger partial charge in [-0.3, -0.25) is 0 Å². The summed E-state index contributed by atoms with van der Waals surface area (Å²) in [4.78, 5) is 3.97. The summed E-state index contributed by atoms with van der Waals surface area (Å²) < 4.78 is 0. The van der Waals surface area contributed by atoms with E-state index in [1.54, 1.807) is 6.20 Å². The number of nitrogen functional groups attached to an aromatic ring is 1. The molecule has 0 aliphatic heterocycles. The SMILES string of the molecule is CC(C)c1cccc(Nc2ccnc(N)c2)c1. The normalized spacial score (nSPS) is 10.5. The molecule has 2 rings (SSSR count). The van der Waals surface area contributed by atoms with E-state index in [1.807, 2.05) is 18.2 Å². The summed E-state index contributed by atoms with van der Waals surface area (Å²) in [5, 5.41) is 3.32. The second-order valence-electron chi connectivity index (χ2n) is 4.37. The van der Waals surface area contributed by atoms with Crippen LogP contribution in [0.25, 0.3) is 0 Å². The fourth-order valence-corrected chi connectivity index (χ4v) is 1.67. The van der Waals surface area contributed by atoms with Crippen molar-refractivity contribution in [1.82, 2.24) is 4.98 Å². The fourth-order valence-electron chi connectivity index (χ4n) is 1.67. The van der Waals surface area contributed by atoms with Gasteiger partial charge >= 0.3 is 0 Å². The van der Waals surface area contributed by atoms with Crippen LogP contribution in [0.1, 0.15) is 25.3 Å². The molecule has 1 heterocycles. The van der Waals surface area contributed by atoms with Gasteiger partial charge in [-0.1, -0.05) is 26.0 Å². The standard InChI is InChI=1S/C14H17N3/c1-10(2)11-4-3-5-12(8-11)17-13-6-7-16-14(15)9-13/h3-10H,1-2H3,(H3,15,16,17). The highest BCUT2D eigenvalue weighted by atomic mass is 14.9. The lowest BCUT2D eigenvalue weighted by molar-refractivity contribution is 0.867. The molecular weight excluding hydrogens is 210 g/mol. The minimum Gasteiger partial charge on any atom is -0.384 e. The molecule has 0 aliphatic carbocycles. The number of rotatable bonds is 3. The van der Waals surface area contributed by atoms with Gasteiger partial charge in [-0.15, -0.1) is 0 Å². The third kappa shape index (κ3) is 2.97. The van der Waals surface area contributed by atoms with Crippen LogP contribution in [0.2, 0.25) is 0 Å². The molecule has 88 valence electrons. The van der Waals surface area contributed by atoms with Gasteiger partial charge in [-0.05, 0) is 29.7 Å². The van der Waals surface area contributed by atoms with E-state index in [1.165, 1.54) is 5.56 Å². The fraction of sp³-hybridized carbons (Fsp3) is 0.214. The van der Waals surface area contributed by atoms with Crippen molar-refractivity contribution in [2.24, 2.45) is 0 Å². The highest BCUT2D eigenvalue weighted by molar-refractivity contribution is 5.62. The first-order chi connectivity index (χ1) is 8.15. The molecule has 0 spiro atoms. The van der Waals surface area contributed by atoms with Crippen molar-refractivity contribution in [2.45, 2.75) is 19.8 Å². The predicted molar refractivity (Wildman–Crippen MR) is 72.5 cm³/mol. The first kappa shape index (κ1) is 11.5. The largest absolute Gasteiger partial charge is 0.384 e. The molecule has 2 aromatic rings. The van der Waals surface area contributed by atoms with Crippen LogP contribution >= 0.6 is 0 Å². The first-order valence-electron chi connectivity index (χ1n) is 5.73. The van der Waals surface area contributed by atoms with E-state index in [4.69, 9.17) is 5.73 Å². The molecule has 0 fully saturated rings. The van der Waals surface area contributed by atoms with Crippen LogP contribution in [0.3, 0.4) is 0 Å². The molecule has 3 N–H and O–H groups in total. The molecule has 17 heavy (non-hydrogen) atoms. The van der Waals surface area contributed by atoms with Crippen molar-refractivity contribution in [3.05, 3.63) is 48.2 Å². The summed E-state index contributed by atoms with van der Waals surface area (Å²) in [6, 6.07) is 12.1. The van der Waals surface area contributed by atoms with Crippen molar-refractivity contribution < 1.29 is 0 Å².